The van der Waals surface area contributed by atoms with Crippen LogP contribution in [0, 0.1) is 10.1 Å². The number of anilines is 2. The van der Waals surface area contributed by atoms with Crippen molar-refractivity contribution >= 4 is 23.0 Å². The number of nitrogens with one attached hydrogen (secondary N) is 1. The molecule has 2 aromatic carbocycles. The number of nitro benzene ring substituents is 1. The van der Waals surface area contributed by atoms with Crippen LogP contribution in [0.25, 0.3) is 0 Å². The zero-order chi connectivity index (χ0) is 20.9. The largest absolute Gasteiger partial charge is 0.479 e. The van der Waals surface area contributed by atoms with Gasteiger partial charge in [0.15, 0.2) is 6.10 Å². The van der Waals surface area contributed by atoms with Gasteiger partial charge in [0.2, 0.25) is 0 Å². The van der Waals surface area contributed by atoms with Gasteiger partial charge in [0, 0.05) is 11.8 Å². The molecule has 2 aromatic rings. The Morgan fingerprint density at radius 2 is 1.89 bits per heavy atom. The first-order valence-electron chi connectivity index (χ1n) is 8.24. The van der Waals surface area contributed by atoms with Crippen LogP contribution in [0.15, 0.2) is 42.5 Å². The third kappa shape index (κ3) is 5.35. The number of nitrogens with zero attached hydrogens (tertiary/aromatic N) is 1. The second-order valence-electron chi connectivity index (χ2n) is 5.87. The molecule has 0 aliphatic heterocycles. The maximum atomic E-state index is 12.8. The van der Waals surface area contributed by atoms with Crippen molar-refractivity contribution in [1.82, 2.24) is 0 Å². The SMILES string of the molecule is CCCC(Oc1ccc(Nc2ccc(C(F)(F)F)cc2[N+](=O)[O-])cc1)C(=O)O. The molecule has 0 saturated heterocycles. The van der Waals surface area contributed by atoms with Crippen LogP contribution in [0.5, 0.6) is 5.75 Å². The van der Waals surface area contributed by atoms with Crippen LogP contribution in [0.3, 0.4) is 0 Å². The lowest BCUT2D eigenvalue weighted by Gasteiger charge is -2.15. The number of nitro groups is 1. The Morgan fingerprint density at radius 3 is 2.39 bits per heavy atom. The minimum Gasteiger partial charge on any atom is -0.479 e. The molecule has 28 heavy (non-hydrogen) atoms. The number of aliphatic carboxylic acids is 1. The first kappa shape index (κ1) is 21.0. The van der Waals surface area contributed by atoms with Crippen molar-refractivity contribution in [3.63, 3.8) is 0 Å². The highest BCUT2D eigenvalue weighted by molar-refractivity contribution is 5.73. The number of hydrogen-bond acceptors (Lipinski definition) is 5. The van der Waals surface area contributed by atoms with Crippen LogP contribution in [0.1, 0.15) is 25.3 Å². The fourth-order valence-corrected chi connectivity index (χ4v) is 2.40. The van der Waals surface area contributed by atoms with E-state index in [1.807, 2.05) is 6.92 Å². The Labute approximate surface area is 157 Å². The molecule has 0 radical (unpaired) electrons. The number of carboxylic acids is 1. The molecule has 150 valence electrons. The molecular formula is C18H17F3N2O5. The molecule has 7 nitrogen and oxygen atoms in total. The van der Waals surface area contributed by atoms with E-state index in [9.17, 15) is 28.1 Å². The smallest absolute Gasteiger partial charge is 0.416 e. The van der Waals surface area contributed by atoms with E-state index in [1.165, 1.54) is 24.3 Å². The summed E-state index contributed by atoms with van der Waals surface area (Å²) in [7, 11) is 0. The van der Waals surface area contributed by atoms with Crippen molar-refractivity contribution in [3.8, 4) is 5.75 Å². The molecule has 0 aromatic heterocycles. The summed E-state index contributed by atoms with van der Waals surface area (Å²) in [4.78, 5) is 21.3. The summed E-state index contributed by atoms with van der Waals surface area (Å²) < 4.78 is 43.6. The van der Waals surface area contributed by atoms with Crippen LogP contribution in [-0.4, -0.2) is 22.1 Å². The molecule has 2 N–H and O–H groups in total. The monoisotopic (exact) mass is 398 g/mol. The highest BCUT2D eigenvalue weighted by atomic mass is 19.4. The van der Waals surface area contributed by atoms with E-state index in [-0.39, 0.29) is 11.4 Å². The van der Waals surface area contributed by atoms with Crippen LogP contribution in [0.4, 0.5) is 30.2 Å². The van der Waals surface area contributed by atoms with E-state index in [0.717, 1.165) is 12.1 Å². The van der Waals surface area contributed by atoms with E-state index in [1.54, 1.807) is 0 Å². The molecule has 0 amide bonds. The normalized spacial score (nSPS) is 12.3. The van der Waals surface area contributed by atoms with Gasteiger partial charge < -0.3 is 15.2 Å². The van der Waals surface area contributed by atoms with E-state index in [2.05, 4.69) is 5.32 Å². The molecule has 0 aliphatic rings. The third-order valence-electron chi connectivity index (χ3n) is 3.76. The first-order valence-corrected chi connectivity index (χ1v) is 8.24. The molecular weight excluding hydrogens is 381 g/mol. The minimum absolute atomic E-state index is 0.110. The average molecular weight is 398 g/mol. The first-order chi connectivity index (χ1) is 13.1. The lowest BCUT2D eigenvalue weighted by atomic mass is 10.1. The van der Waals surface area contributed by atoms with Gasteiger partial charge >= 0.3 is 12.1 Å². The summed E-state index contributed by atoms with van der Waals surface area (Å²) in [5, 5.41) is 22.9. The molecule has 0 spiro atoms. The number of halogens is 3. The van der Waals surface area contributed by atoms with Crippen molar-refractivity contribution in [3.05, 3.63) is 58.1 Å². The van der Waals surface area contributed by atoms with Crippen LogP contribution >= 0.6 is 0 Å². The molecule has 0 saturated carbocycles. The summed E-state index contributed by atoms with van der Waals surface area (Å²) in [6, 6.07) is 8.06. The van der Waals surface area contributed by atoms with Crippen LogP contribution < -0.4 is 10.1 Å². The Kier molecular flexibility index (Phi) is 6.45. The number of benzene rings is 2. The van der Waals surface area contributed by atoms with Gasteiger partial charge in [-0.15, -0.1) is 0 Å². The summed E-state index contributed by atoms with van der Waals surface area (Å²) in [6.45, 7) is 1.82. The second-order valence-corrected chi connectivity index (χ2v) is 5.87. The quantitative estimate of drug-likeness (QED) is 0.480. The van der Waals surface area contributed by atoms with E-state index < -0.39 is 34.4 Å². The van der Waals surface area contributed by atoms with Gasteiger partial charge in [-0.3, -0.25) is 10.1 Å². The molecule has 1 unspecified atom stereocenters. The van der Waals surface area contributed by atoms with Crippen molar-refractivity contribution in [2.45, 2.75) is 32.0 Å². The molecule has 2 rings (SSSR count). The molecule has 0 heterocycles. The van der Waals surface area contributed by atoms with Gasteiger partial charge in [0.1, 0.15) is 11.4 Å². The van der Waals surface area contributed by atoms with E-state index >= 15 is 0 Å². The minimum atomic E-state index is -4.69. The van der Waals surface area contributed by atoms with Gasteiger partial charge in [0.05, 0.1) is 10.5 Å². The number of alkyl halides is 3. The fourth-order valence-electron chi connectivity index (χ4n) is 2.40. The Balaban J connectivity index is 2.20. The standard InChI is InChI=1S/C18H17F3N2O5/c1-2-3-16(17(24)25)28-13-7-5-12(6-8-13)22-14-9-4-11(18(19,20)21)10-15(14)23(26)27/h4-10,16,22H,2-3H2,1H3,(H,24,25). The fraction of sp³-hybridized carbons (Fsp3) is 0.278. The van der Waals surface area contributed by atoms with Gasteiger partial charge in [0.25, 0.3) is 5.69 Å². The molecule has 0 fully saturated rings. The summed E-state index contributed by atoms with van der Waals surface area (Å²) in [5.41, 5.74) is -1.59. The second kappa shape index (κ2) is 8.59. The van der Waals surface area contributed by atoms with Crippen molar-refractivity contribution < 1.29 is 32.7 Å². The Hall–Kier alpha value is -3.30. The van der Waals surface area contributed by atoms with Gasteiger partial charge in [-0.25, -0.2) is 4.79 Å². The van der Waals surface area contributed by atoms with E-state index in [0.29, 0.717) is 24.6 Å². The molecule has 0 aliphatic carbocycles. The molecule has 0 bridgehead atoms. The predicted molar refractivity (Wildman–Crippen MR) is 94.8 cm³/mol. The van der Waals surface area contributed by atoms with Crippen molar-refractivity contribution in [2.75, 3.05) is 5.32 Å². The highest BCUT2D eigenvalue weighted by Crippen LogP contribution is 2.36. The lowest BCUT2D eigenvalue weighted by Crippen LogP contribution is -2.26. The number of carboxylic acid groups (broad SMARTS) is 1. The maximum Gasteiger partial charge on any atom is 0.416 e. The van der Waals surface area contributed by atoms with Crippen LogP contribution in [0.2, 0.25) is 0 Å². The number of carbonyl (C=O) groups is 1. The topological polar surface area (TPSA) is 102 Å². The van der Waals surface area contributed by atoms with E-state index in [4.69, 9.17) is 9.84 Å². The number of rotatable bonds is 8. The van der Waals surface area contributed by atoms with Gasteiger partial charge in [-0.1, -0.05) is 13.3 Å². The molecule has 10 heteroatoms. The van der Waals surface area contributed by atoms with Crippen molar-refractivity contribution in [1.29, 1.82) is 0 Å². The average Bonchev–Trinajstić information content (AvgIpc) is 2.62. The predicted octanol–water partition coefficient (Wildman–Crippen LogP) is 4.99. The Bertz CT molecular complexity index is 853. The summed E-state index contributed by atoms with van der Waals surface area (Å²) >= 11 is 0. The number of hydrogen-bond donors (Lipinski definition) is 2. The summed E-state index contributed by atoms with van der Waals surface area (Å²) in [6.07, 6.45) is -4.75. The van der Waals surface area contributed by atoms with Gasteiger partial charge in [-0.05, 0) is 42.8 Å². The highest BCUT2D eigenvalue weighted by Gasteiger charge is 2.33. The van der Waals surface area contributed by atoms with Crippen LogP contribution in [-0.2, 0) is 11.0 Å². The number of ether oxygens (including phenoxy) is 1. The van der Waals surface area contributed by atoms with Gasteiger partial charge in [-0.2, -0.15) is 13.2 Å². The Morgan fingerprint density at radius 1 is 1.25 bits per heavy atom. The molecule has 1 atom stereocenters. The van der Waals surface area contributed by atoms with Crippen molar-refractivity contribution in [2.24, 2.45) is 0 Å². The zero-order valence-electron chi connectivity index (χ0n) is 14.7. The maximum absolute atomic E-state index is 12.8. The summed E-state index contributed by atoms with van der Waals surface area (Å²) in [5.74, 6) is -0.808. The zero-order valence-corrected chi connectivity index (χ0v) is 14.7. The third-order valence-corrected chi connectivity index (χ3v) is 3.76. The lowest BCUT2D eigenvalue weighted by molar-refractivity contribution is -0.384.